The number of carbonyl (C=O) groups excluding carboxylic acids is 1. The molecule has 1 aliphatic rings. The second kappa shape index (κ2) is 10.6. The summed E-state index contributed by atoms with van der Waals surface area (Å²) in [6.45, 7) is 3.48. The molecule has 0 unspecified atom stereocenters. The van der Waals surface area contributed by atoms with E-state index in [2.05, 4.69) is 37.2 Å². The smallest absolute Gasteiger partial charge is 0.343 e. The fraction of sp³-hybridized carbons (Fsp3) is 0.407. The topological polar surface area (TPSA) is 55.3 Å². The number of aryl methyl sites for hydroxylation is 1. The highest BCUT2D eigenvalue weighted by Gasteiger charge is 2.54. The fourth-order valence-corrected chi connectivity index (χ4v) is 5.02. The Bertz CT molecular complexity index is 1150. The number of esters is 1. The Morgan fingerprint density at radius 2 is 1.94 bits per heavy atom. The van der Waals surface area contributed by atoms with E-state index >= 15 is 0 Å². The summed E-state index contributed by atoms with van der Waals surface area (Å²) in [7, 11) is 0. The third-order valence-electron chi connectivity index (χ3n) is 6.82. The predicted molar refractivity (Wildman–Crippen MR) is 131 cm³/mol. The third kappa shape index (κ3) is 5.81. The average molecular weight is 548 g/mol. The number of rotatable bonds is 9. The Balaban J connectivity index is 1.36. The van der Waals surface area contributed by atoms with Gasteiger partial charge in [0.25, 0.3) is 5.82 Å². The minimum absolute atomic E-state index is 0.0639. The number of hydrogen-bond acceptors (Lipinski definition) is 3. The zero-order valence-electron chi connectivity index (χ0n) is 19.7. The van der Waals surface area contributed by atoms with Gasteiger partial charge in [0.05, 0.1) is 13.2 Å². The molecule has 1 aromatic heterocycles. The van der Waals surface area contributed by atoms with Crippen molar-refractivity contribution in [1.29, 1.82) is 0 Å². The Kier molecular flexibility index (Phi) is 7.71. The van der Waals surface area contributed by atoms with Gasteiger partial charge in [-0.3, -0.25) is 0 Å². The van der Waals surface area contributed by atoms with Crippen molar-refractivity contribution in [3.05, 3.63) is 88.4 Å². The number of imidazole rings is 1. The molecular formula is C27H30BrF2N2O3+. The molecular weight excluding hydrogens is 518 g/mol. The summed E-state index contributed by atoms with van der Waals surface area (Å²) >= 11 is 3.45. The molecule has 0 bridgehead atoms. The number of halogens is 3. The van der Waals surface area contributed by atoms with E-state index in [0.29, 0.717) is 18.5 Å². The van der Waals surface area contributed by atoms with Crippen molar-refractivity contribution >= 4 is 21.9 Å². The first-order valence-electron chi connectivity index (χ1n) is 11.8. The molecule has 186 valence electrons. The second-order valence-electron chi connectivity index (χ2n) is 9.21. The molecule has 3 aromatic rings. The predicted octanol–water partition coefficient (Wildman–Crippen LogP) is 5.15. The second-order valence-corrected chi connectivity index (χ2v) is 10.1. The third-order valence-corrected chi connectivity index (χ3v) is 7.35. The maximum absolute atomic E-state index is 13.9. The first-order chi connectivity index (χ1) is 16.7. The van der Waals surface area contributed by atoms with Crippen molar-refractivity contribution < 1.29 is 28.0 Å². The number of aromatic nitrogens is 2. The quantitative estimate of drug-likeness (QED) is 0.229. The van der Waals surface area contributed by atoms with Crippen LogP contribution in [0.25, 0.3) is 0 Å². The lowest BCUT2D eigenvalue weighted by Gasteiger charge is -2.32. The number of benzene rings is 2. The van der Waals surface area contributed by atoms with Gasteiger partial charge in [-0.1, -0.05) is 58.4 Å². The van der Waals surface area contributed by atoms with E-state index in [1.165, 1.54) is 5.56 Å². The molecule has 1 aliphatic carbocycles. The number of nitrogens with zero attached hydrogens (tertiary/aromatic N) is 2. The van der Waals surface area contributed by atoms with E-state index in [1.54, 1.807) is 30.3 Å². The molecule has 35 heavy (non-hydrogen) atoms. The molecule has 1 saturated carbocycles. The standard InChI is InChI=1S/C27H30BrF2N2O3/c1-20-31(15-16-32(20)19-21-8-10-24(28)11-9-21)14-5-17-35-25(33)27(34,22-6-3-2-4-7-22)23-12-13-26(29,30)18-23/h2-4,6-11,15-16,23,34H,5,12-14,17-19H2,1H3/q+1/t23-,27-/m0/s1. The minimum atomic E-state index is -2.88. The van der Waals surface area contributed by atoms with Crippen molar-refractivity contribution in [1.82, 2.24) is 4.57 Å². The average Bonchev–Trinajstić information content (AvgIpc) is 3.39. The van der Waals surface area contributed by atoms with Gasteiger partial charge in [0.15, 0.2) is 5.60 Å². The van der Waals surface area contributed by atoms with Crippen molar-refractivity contribution in [2.45, 2.75) is 57.2 Å². The van der Waals surface area contributed by atoms with Crippen LogP contribution in [0.3, 0.4) is 0 Å². The molecule has 5 nitrogen and oxygen atoms in total. The van der Waals surface area contributed by atoms with Gasteiger partial charge < -0.3 is 9.84 Å². The van der Waals surface area contributed by atoms with Crippen LogP contribution in [0, 0.1) is 12.8 Å². The van der Waals surface area contributed by atoms with Crippen LogP contribution in [-0.2, 0) is 28.2 Å². The summed E-state index contributed by atoms with van der Waals surface area (Å²) in [4.78, 5) is 13.0. The van der Waals surface area contributed by atoms with Gasteiger partial charge in [0.2, 0.25) is 5.92 Å². The molecule has 0 amide bonds. The number of aliphatic hydroxyl groups is 1. The van der Waals surface area contributed by atoms with E-state index < -0.39 is 29.8 Å². The van der Waals surface area contributed by atoms with Crippen LogP contribution in [-0.4, -0.2) is 28.2 Å². The normalized spacial score (nSPS) is 18.8. The van der Waals surface area contributed by atoms with Crippen LogP contribution < -0.4 is 4.57 Å². The summed E-state index contributed by atoms with van der Waals surface area (Å²) in [5.41, 5.74) is -0.605. The van der Waals surface area contributed by atoms with Crippen LogP contribution in [0.5, 0.6) is 0 Å². The largest absolute Gasteiger partial charge is 0.463 e. The van der Waals surface area contributed by atoms with Gasteiger partial charge in [-0.2, -0.15) is 0 Å². The molecule has 0 spiro atoms. The van der Waals surface area contributed by atoms with Crippen molar-refractivity contribution in [3.8, 4) is 0 Å². The molecule has 2 aromatic carbocycles. The first kappa shape index (κ1) is 25.5. The molecule has 1 fully saturated rings. The lowest BCUT2D eigenvalue weighted by Crippen LogP contribution is -2.44. The van der Waals surface area contributed by atoms with Crippen LogP contribution in [0.15, 0.2) is 71.5 Å². The number of alkyl halides is 2. The van der Waals surface area contributed by atoms with Gasteiger partial charge in [0, 0.05) is 36.6 Å². The van der Waals surface area contributed by atoms with Crippen molar-refractivity contribution in [2.24, 2.45) is 5.92 Å². The van der Waals surface area contributed by atoms with Crippen LogP contribution >= 0.6 is 15.9 Å². The molecule has 1 heterocycles. The summed E-state index contributed by atoms with van der Waals surface area (Å²) < 4.78 is 38.6. The highest BCUT2D eigenvalue weighted by Crippen LogP contribution is 2.47. The number of carbonyl (C=O) groups is 1. The van der Waals surface area contributed by atoms with Gasteiger partial charge in [-0.05, 0) is 29.7 Å². The Morgan fingerprint density at radius 3 is 2.60 bits per heavy atom. The van der Waals surface area contributed by atoms with E-state index in [9.17, 15) is 18.7 Å². The zero-order valence-corrected chi connectivity index (χ0v) is 21.3. The SMILES string of the molecule is Cc1n(CCCOC(=O)[C@](O)(c2ccccc2)[C@H]2CCC(F)(F)C2)cc[n+]1Cc1ccc(Br)cc1. The highest BCUT2D eigenvalue weighted by molar-refractivity contribution is 9.10. The van der Waals surface area contributed by atoms with Crippen molar-refractivity contribution in [2.75, 3.05) is 6.61 Å². The van der Waals surface area contributed by atoms with Crippen LogP contribution in [0.1, 0.15) is 42.6 Å². The molecule has 8 heteroatoms. The number of ether oxygens (including phenoxy) is 1. The van der Waals surface area contributed by atoms with E-state index in [0.717, 1.165) is 16.8 Å². The lowest BCUT2D eigenvalue weighted by molar-refractivity contribution is -0.694. The van der Waals surface area contributed by atoms with Gasteiger partial charge >= 0.3 is 5.97 Å². The molecule has 0 radical (unpaired) electrons. The van der Waals surface area contributed by atoms with Gasteiger partial charge in [-0.15, -0.1) is 0 Å². The molecule has 4 rings (SSSR count). The maximum Gasteiger partial charge on any atom is 0.343 e. The van der Waals surface area contributed by atoms with Crippen LogP contribution in [0.2, 0.25) is 0 Å². The van der Waals surface area contributed by atoms with Crippen LogP contribution in [0.4, 0.5) is 8.78 Å². The molecule has 0 aliphatic heterocycles. The first-order valence-corrected chi connectivity index (χ1v) is 12.6. The van der Waals surface area contributed by atoms with Gasteiger partial charge in [0.1, 0.15) is 18.9 Å². The molecule has 2 atom stereocenters. The zero-order chi connectivity index (χ0) is 25.1. The summed E-state index contributed by atoms with van der Waals surface area (Å²) in [5, 5.41) is 11.4. The van der Waals surface area contributed by atoms with E-state index in [4.69, 9.17) is 4.74 Å². The molecule has 0 saturated heterocycles. The monoisotopic (exact) mass is 547 g/mol. The number of hydrogen-bond donors (Lipinski definition) is 1. The fourth-order valence-electron chi connectivity index (χ4n) is 4.76. The van der Waals surface area contributed by atoms with Crippen molar-refractivity contribution in [3.63, 3.8) is 0 Å². The Labute approximate surface area is 212 Å². The summed E-state index contributed by atoms with van der Waals surface area (Å²) in [5.74, 6) is -3.57. The Hall–Kier alpha value is -2.58. The lowest BCUT2D eigenvalue weighted by atomic mass is 9.80. The maximum atomic E-state index is 13.9. The Morgan fingerprint density at radius 1 is 1.23 bits per heavy atom. The summed E-state index contributed by atoms with van der Waals surface area (Å²) in [6, 6.07) is 16.5. The highest BCUT2D eigenvalue weighted by atomic mass is 79.9. The van der Waals surface area contributed by atoms with E-state index in [-0.39, 0.29) is 19.4 Å². The van der Waals surface area contributed by atoms with Gasteiger partial charge in [-0.25, -0.2) is 22.7 Å². The van der Waals surface area contributed by atoms with E-state index in [1.807, 2.05) is 31.5 Å². The summed E-state index contributed by atoms with van der Waals surface area (Å²) in [6.07, 6.45) is 3.72. The minimum Gasteiger partial charge on any atom is -0.463 e. The molecule has 1 N–H and O–H groups in total.